The number of ether oxygens (including phenoxy) is 1. The van der Waals surface area contributed by atoms with E-state index in [1.807, 2.05) is 14.0 Å². The van der Waals surface area contributed by atoms with Crippen molar-refractivity contribution in [3.63, 3.8) is 0 Å². The molecule has 2 aliphatic rings. The van der Waals surface area contributed by atoms with Crippen molar-refractivity contribution in [3.05, 3.63) is 0 Å². The third-order valence-electron chi connectivity index (χ3n) is 4.76. The summed E-state index contributed by atoms with van der Waals surface area (Å²) in [5.74, 6) is 0.878. The maximum Gasteiger partial charge on any atom is 0.305 e. The van der Waals surface area contributed by atoms with Gasteiger partial charge in [-0.25, -0.2) is 0 Å². The number of likely N-dealkylation sites (tertiary alicyclic amines) is 1. The van der Waals surface area contributed by atoms with Crippen LogP contribution in [0, 0.1) is 5.41 Å². The Hall–Kier alpha value is -0.530. The fraction of sp³-hybridized carbons (Fsp3) is 0.875. The van der Waals surface area contributed by atoms with Crippen LogP contribution in [0.25, 0.3) is 0 Å². The van der Waals surface area contributed by atoms with Crippen LogP contribution in [-0.4, -0.2) is 50.1 Å². The van der Waals surface area contributed by atoms with Crippen molar-refractivity contribution < 1.29 is 9.53 Å². The minimum Gasteiger partial charge on any atom is -0.466 e. The molecule has 1 heterocycles. The van der Waals surface area contributed by atoms with Gasteiger partial charge in [-0.15, -0.1) is 24.0 Å². The van der Waals surface area contributed by atoms with E-state index in [1.54, 1.807) is 0 Å². The van der Waals surface area contributed by atoms with Gasteiger partial charge in [-0.3, -0.25) is 9.79 Å². The maximum atomic E-state index is 11.3. The Bertz CT molecular complexity index is 382. The Morgan fingerprint density at radius 3 is 2.68 bits per heavy atom. The van der Waals surface area contributed by atoms with Gasteiger partial charge in [0.25, 0.3) is 0 Å². The fourth-order valence-electron chi connectivity index (χ4n) is 3.65. The number of rotatable bonds is 5. The highest BCUT2D eigenvalue weighted by Crippen LogP contribution is 2.45. The first-order chi connectivity index (χ1) is 10.2. The van der Waals surface area contributed by atoms with E-state index in [0.29, 0.717) is 18.4 Å². The monoisotopic (exact) mass is 423 g/mol. The normalized spacial score (nSPS) is 20.1. The molecule has 1 spiro atoms. The van der Waals surface area contributed by atoms with Gasteiger partial charge in [-0.1, -0.05) is 12.8 Å². The number of carbonyl (C=O) groups excluding carboxylic acids is 1. The van der Waals surface area contributed by atoms with E-state index in [2.05, 4.69) is 15.2 Å². The summed E-state index contributed by atoms with van der Waals surface area (Å²) >= 11 is 0. The molecule has 0 aromatic rings. The molecule has 0 amide bonds. The lowest BCUT2D eigenvalue weighted by atomic mass is 9.86. The molecular formula is C16H30IN3O2. The van der Waals surface area contributed by atoms with Gasteiger partial charge in [0, 0.05) is 33.1 Å². The van der Waals surface area contributed by atoms with Gasteiger partial charge in [0.1, 0.15) is 0 Å². The van der Waals surface area contributed by atoms with Crippen LogP contribution in [0.5, 0.6) is 0 Å². The SMILES string of the molecule is CCOC(=O)CCCNC(=NC)N1CCC2(CCCC2)C1.I. The summed E-state index contributed by atoms with van der Waals surface area (Å²) in [6, 6.07) is 0. The zero-order chi connectivity index (χ0) is 15.1. The Morgan fingerprint density at radius 2 is 2.05 bits per heavy atom. The quantitative estimate of drug-likeness (QED) is 0.243. The molecule has 0 atom stereocenters. The molecule has 1 saturated carbocycles. The number of aliphatic imine (C=N–C) groups is 1. The van der Waals surface area contributed by atoms with Crippen LogP contribution in [0.1, 0.15) is 51.9 Å². The summed E-state index contributed by atoms with van der Waals surface area (Å²) in [6.07, 6.45) is 8.10. The summed E-state index contributed by atoms with van der Waals surface area (Å²) in [5, 5.41) is 3.38. The van der Waals surface area contributed by atoms with Gasteiger partial charge >= 0.3 is 5.97 Å². The number of nitrogens with zero attached hydrogens (tertiary/aromatic N) is 2. The molecule has 2 fully saturated rings. The molecule has 2 rings (SSSR count). The molecule has 0 radical (unpaired) electrons. The van der Waals surface area contributed by atoms with Crippen LogP contribution >= 0.6 is 24.0 Å². The lowest BCUT2D eigenvalue weighted by molar-refractivity contribution is -0.143. The molecular weight excluding hydrogens is 393 g/mol. The number of guanidine groups is 1. The first-order valence-electron chi connectivity index (χ1n) is 8.30. The van der Waals surface area contributed by atoms with E-state index in [4.69, 9.17) is 4.74 Å². The largest absolute Gasteiger partial charge is 0.466 e. The first kappa shape index (κ1) is 19.5. The zero-order valence-corrected chi connectivity index (χ0v) is 16.2. The third kappa shape index (κ3) is 5.28. The van der Waals surface area contributed by atoms with Gasteiger partial charge in [0.15, 0.2) is 5.96 Å². The maximum absolute atomic E-state index is 11.3. The molecule has 1 aliphatic carbocycles. The summed E-state index contributed by atoms with van der Waals surface area (Å²) in [5.41, 5.74) is 0.558. The lowest BCUT2D eigenvalue weighted by Gasteiger charge is -2.25. The molecule has 1 aliphatic heterocycles. The van der Waals surface area contributed by atoms with E-state index >= 15 is 0 Å². The van der Waals surface area contributed by atoms with Gasteiger partial charge in [0.2, 0.25) is 0 Å². The predicted molar refractivity (Wildman–Crippen MR) is 99.7 cm³/mol. The van der Waals surface area contributed by atoms with Crippen molar-refractivity contribution in [2.45, 2.75) is 51.9 Å². The molecule has 1 saturated heterocycles. The predicted octanol–water partition coefficient (Wildman–Crippen LogP) is 2.79. The molecule has 6 heteroatoms. The van der Waals surface area contributed by atoms with Crippen LogP contribution in [0.15, 0.2) is 4.99 Å². The van der Waals surface area contributed by atoms with Crippen molar-refractivity contribution in [1.29, 1.82) is 0 Å². The van der Waals surface area contributed by atoms with Gasteiger partial charge in [0.05, 0.1) is 6.61 Å². The second kappa shape index (κ2) is 9.57. The number of hydrogen-bond acceptors (Lipinski definition) is 3. The third-order valence-corrected chi connectivity index (χ3v) is 4.76. The topological polar surface area (TPSA) is 53.9 Å². The molecule has 128 valence electrons. The summed E-state index contributed by atoms with van der Waals surface area (Å²) in [6.45, 7) is 5.32. The zero-order valence-electron chi connectivity index (χ0n) is 13.9. The van der Waals surface area contributed by atoms with Crippen molar-refractivity contribution >= 4 is 35.9 Å². The number of esters is 1. The number of carbonyl (C=O) groups is 1. The lowest BCUT2D eigenvalue weighted by Crippen LogP contribution is -2.41. The molecule has 0 bridgehead atoms. The van der Waals surface area contributed by atoms with Crippen molar-refractivity contribution in [2.24, 2.45) is 10.4 Å². The van der Waals surface area contributed by atoms with Crippen LogP contribution in [0.4, 0.5) is 0 Å². The fourth-order valence-corrected chi connectivity index (χ4v) is 3.65. The minimum atomic E-state index is -0.111. The van der Waals surface area contributed by atoms with Gasteiger partial charge < -0.3 is 15.0 Å². The van der Waals surface area contributed by atoms with Crippen LogP contribution < -0.4 is 5.32 Å². The Kier molecular flexibility index (Phi) is 8.49. The van der Waals surface area contributed by atoms with Crippen molar-refractivity contribution in [3.8, 4) is 0 Å². The van der Waals surface area contributed by atoms with Crippen molar-refractivity contribution in [2.75, 3.05) is 33.3 Å². The molecule has 22 heavy (non-hydrogen) atoms. The van der Waals surface area contributed by atoms with Gasteiger partial charge in [-0.2, -0.15) is 0 Å². The van der Waals surface area contributed by atoms with Gasteiger partial charge in [-0.05, 0) is 38.0 Å². The molecule has 5 nitrogen and oxygen atoms in total. The minimum absolute atomic E-state index is 0. The Morgan fingerprint density at radius 1 is 1.32 bits per heavy atom. The average Bonchev–Trinajstić information content (AvgIpc) is 3.10. The highest BCUT2D eigenvalue weighted by Gasteiger charge is 2.40. The van der Waals surface area contributed by atoms with Crippen LogP contribution in [0.2, 0.25) is 0 Å². The van der Waals surface area contributed by atoms with E-state index in [-0.39, 0.29) is 29.9 Å². The summed E-state index contributed by atoms with van der Waals surface area (Å²) in [4.78, 5) is 18.1. The van der Waals surface area contributed by atoms with E-state index < -0.39 is 0 Å². The number of hydrogen-bond donors (Lipinski definition) is 1. The number of nitrogens with one attached hydrogen (secondary N) is 1. The average molecular weight is 423 g/mol. The first-order valence-corrected chi connectivity index (χ1v) is 8.30. The molecule has 0 aromatic heterocycles. The van der Waals surface area contributed by atoms with Crippen LogP contribution in [-0.2, 0) is 9.53 Å². The van der Waals surface area contributed by atoms with Crippen LogP contribution in [0.3, 0.4) is 0 Å². The van der Waals surface area contributed by atoms with E-state index in [9.17, 15) is 4.79 Å². The summed E-state index contributed by atoms with van der Waals surface area (Å²) < 4.78 is 4.93. The summed E-state index contributed by atoms with van der Waals surface area (Å²) in [7, 11) is 1.84. The molecule has 0 unspecified atom stereocenters. The smallest absolute Gasteiger partial charge is 0.305 e. The van der Waals surface area contributed by atoms with E-state index in [0.717, 1.165) is 32.0 Å². The standard InChI is InChI=1S/C16H29N3O2.HI/c1-3-21-14(20)7-6-11-18-15(17-2)19-12-10-16(13-19)8-4-5-9-16;/h3-13H2,1-2H3,(H,17,18);1H. The van der Waals surface area contributed by atoms with E-state index in [1.165, 1.54) is 32.1 Å². The highest BCUT2D eigenvalue weighted by atomic mass is 127. The molecule has 1 N–H and O–H groups in total. The van der Waals surface area contributed by atoms with Crippen molar-refractivity contribution in [1.82, 2.24) is 10.2 Å². The Balaban J connectivity index is 0.00000242. The Labute approximate surface area is 151 Å². The molecule has 0 aromatic carbocycles. The highest BCUT2D eigenvalue weighted by molar-refractivity contribution is 14.0. The number of halogens is 1. The second-order valence-electron chi connectivity index (χ2n) is 6.26. The second-order valence-corrected chi connectivity index (χ2v) is 6.26.